The maximum atomic E-state index is 14.2. The van der Waals surface area contributed by atoms with Crippen molar-refractivity contribution in [1.29, 1.82) is 0 Å². The zero-order chi connectivity index (χ0) is 25.9. The number of para-hydroxylation sites is 1. The Morgan fingerprint density at radius 1 is 0.971 bits per heavy atom. The summed E-state index contributed by atoms with van der Waals surface area (Å²) in [5, 5.41) is 0. The van der Waals surface area contributed by atoms with Gasteiger partial charge in [-0.3, -0.25) is 19.3 Å². The number of fused-ring (bicyclic) bond motifs is 2. The first kappa shape index (κ1) is 25.3. The zero-order valence-electron chi connectivity index (χ0n) is 19.5. The van der Waals surface area contributed by atoms with Crippen LogP contribution in [0, 0.1) is 0 Å². The molecular formula is C23H24N2O10. The summed E-state index contributed by atoms with van der Waals surface area (Å²) < 4.78 is 25.0. The highest BCUT2D eigenvalue weighted by Crippen LogP contribution is 2.54. The number of esters is 4. The van der Waals surface area contributed by atoms with E-state index >= 15 is 0 Å². The molecule has 1 spiro atoms. The van der Waals surface area contributed by atoms with E-state index in [1.54, 1.807) is 19.1 Å². The smallest absolute Gasteiger partial charge is 0.341 e. The average Bonchev–Trinajstić information content (AvgIpc) is 3.07. The minimum atomic E-state index is -2.24. The van der Waals surface area contributed by atoms with Crippen LogP contribution in [-0.2, 0) is 53.1 Å². The number of hydrogen-bond donors (Lipinski definition) is 1. The minimum absolute atomic E-state index is 0.0836. The van der Waals surface area contributed by atoms with Crippen molar-refractivity contribution in [1.82, 2.24) is 0 Å². The van der Waals surface area contributed by atoms with Gasteiger partial charge in [0.05, 0.1) is 27.9 Å². The van der Waals surface area contributed by atoms with E-state index in [0.29, 0.717) is 0 Å². The van der Waals surface area contributed by atoms with Crippen molar-refractivity contribution >= 4 is 35.5 Å². The van der Waals surface area contributed by atoms with E-state index in [0.717, 1.165) is 26.2 Å². The van der Waals surface area contributed by atoms with Gasteiger partial charge in [-0.25, -0.2) is 9.59 Å². The first-order valence-corrected chi connectivity index (χ1v) is 10.4. The van der Waals surface area contributed by atoms with Gasteiger partial charge in [-0.05, 0) is 13.0 Å². The lowest BCUT2D eigenvalue weighted by Crippen LogP contribution is -2.51. The highest BCUT2D eigenvalue weighted by Gasteiger charge is 2.64. The Hall–Kier alpha value is -4.35. The van der Waals surface area contributed by atoms with Gasteiger partial charge in [0.2, 0.25) is 11.8 Å². The van der Waals surface area contributed by atoms with Crippen LogP contribution < -0.4 is 10.6 Å². The molecule has 0 aromatic heterocycles. The third-order valence-electron chi connectivity index (χ3n) is 5.59. The van der Waals surface area contributed by atoms with Crippen LogP contribution in [-0.4, -0.2) is 64.3 Å². The van der Waals surface area contributed by atoms with Crippen molar-refractivity contribution in [2.45, 2.75) is 18.8 Å². The molecule has 1 atom stereocenters. The Bertz CT molecular complexity index is 1170. The van der Waals surface area contributed by atoms with E-state index in [4.69, 9.17) is 24.7 Å². The fraction of sp³-hybridized carbons (Fsp3) is 0.348. The summed E-state index contributed by atoms with van der Waals surface area (Å²) in [6.07, 6.45) is -0.605. The summed E-state index contributed by atoms with van der Waals surface area (Å²) in [4.78, 5) is 65.9. The van der Waals surface area contributed by atoms with Crippen LogP contribution in [0.4, 0.5) is 5.69 Å². The topological polar surface area (TPSA) is 161 Å². The third-order valence-corrected chi connectivity index (χ3v) is 5.59. The summed E-state index contributed by atoms with van der Waals surface area (Å²) in [6, 6.07) is 6.18. The van der Waals surface area contributed by atoms with Crippen LogP contribution in [0.3, 0.4) is 0 Å². The average molecular weight is 488 g/mol. The minimum Gasteiger partial charge on any atom is -0.469 e. The van der Waals surface area contributed by atoms with Crippen molar-refractivity contribution in [3.05, 3.63) is 52.6 Å². The Balaban J connectivity index is 2.45. The number of methoxy groups -OCH3 is 3. The summed E-state index contributed by atoms with van der Waals surface area (Å²) in [5.74, 6) is -5.47. The van der Waals surface area contributed by atoms with E-state index in [1.807, 2.05) is 0 Å². The fourth-order valence-corrected chi connectivity index (χ4v) is 4.19. The molecule has 0 radical (unpaired) electrons. The number of anilines is 1. The van der Waals surface area contributed by atoms with Gasteiger partial charge in [0.15, 0.2) is 0 Å². The summed E-state index contributed by atoms with van der Waals surface area (Å²) in [7, 11) is 3.33. The summed E-state index contributed by atoms with van der Waals surface area (Å²) >= 11 is 0. The molecule has 1 amide bonds. The highest BCUT2D eigenvalue weighted by molar-refractivity contribution is 6.23. The number of nitrogens with two attached hydrogens (primary N) is 1. The van der Waals surface area contributed by atoms with Crippen molar-refractivity contribution in [2.24, 2.45) is 5.73 Å². The second-order valence-electron chi connectivity index (χ2n) is 7.34. The Morgan fingerprint density at radius 3 is 2.23 bits per heavy atom. The molecule has 0 fully saturated rings. The monoisotopic (exact) mass is 488 g/mol. The molecule has 2 heterocycles. The normalized spacial score (nSPS) is 18.7. The molecule has 0 saturated heterocycles. The molecule has 35 heavy (non-hydrogen) atoms. The zero-order valence-corrected chi connectivity index (χ0v) is 19.5. The Kier molecular flexibility index (Phi) is 7.13. The van der Waals surface area contributed by atoms with Crippen LogP contribution in [0.2, 0.25) is 0 Å². The first-order chi connectivity index (χ1) is 16.7. The van der Waals surface area contributed by atoms with Gasteiger partial charge >= 0.3 is 23.9 Å². The number of ether oxygens (including phenoxy) is 5. The molecule has 2 aliphatic heterocycles. The standard InChI is InChI=1S/C23H24N2O10/c1-5-34-21(29)18-19(24)35-14(10-15(26)31-2)17(20(28)33-4)23(18)12-8-6-7-9-13(12)25(22(23)30)11-16(27)32-3/h6-9H,5,10-11,24H2,1-4H3. The van der Waals surface area contributed by atoms with Crippen LogP contribution in [0.15, 0.2) is 47.1 Å². The van der Waals surface area contributed by atoms with Gasteiger partial charge in [0.25, 0.3) is 0 Å². The summed E-state index contributed by atoms with van der Waals surface area (Å²) in [6.45, 7) is 0.921. The van der Waals surface area contributed by atoms with Gasteiger partial charge < -0.3 is 29.4 Å². The lowest BCUT2D eigenvalue weighted by Gasteiger charge is -2.36. The summed E-state index contributed by atoms with van der Waals surface area (Å²) in [5.41, 5.74) is 3.27. The van der Waals surface area contributed by atoms with E-state index in [-0.39, 0.29) is 23.6 Å². The van der Waals surface area contributed by atoms with Crippen LogP contribution in [0.25, 0.3) is 0 Å². The molecule has 1 aromatic carbocycles. The highest BCUT2D eigenvalue weighted by atomic mass is 16.5. The molecular weight excluding hydrogens is 464 g/mol. The SMILES string of the molecule is CCOC(=O)C1=C(N)OC(CC(=O)OC)=C(C(=O)OC)C12C(=O)N(CC(=O)OC)c1ccccc12. The van der Waals surface area contributed by atoms with E-state index in [1.165, 1.54) is 12.1 Å². The first-order valence-electron chi connectivity index (χ1n) is 10.4. The van der Waals surface area contributed by atoms with Gasteiger partial charge in [0.1, 0.15) is 35.3 Å². The molecule has 12 nitrogen and oxygen atoms in total. The molecule has 186 valence electrons. The van der Waals surface area contributed by atoms with Crippen LogP contribution in [0.5, 0.6) is 0 Å². The number of benzene rings is 1. The number of hydrogen-bond acceptors (Lipinski definition) is 11. The maximum absolute atomic E-state index is 14.2. The quantitative estimate of drug-likeness (QED) is 0.412. The predicted molar refractivity (Wildman–Crippen MR) is 117 cm³/mol. The second kappa shape index (κ2) is 9.87. The largest absolute Gasteiger partial charge is 0.469 e. The Morgan fingerprint density at radius 2 is 1.63 bits per heavy atom. The third kappa shape index (κ3) is 3.96. The second-order valence-corrected chi connectivity index (χ2v) is 7.34. The van der Waals surface area contributed by atoms with Crippen molar-refractivity contribution in [3.63, 3.8) is 0 Å². The van der Waals surface area contributed by atoms with E-state index in [9.17, 15) is 24.0 Å². The number of carbonyl (C=O) groups excluding carboxylic acids is 5. The van der Waals surface area contributed by atoms with Gasteiger partial charge in [-0.15, -0.1) is 0 Å². The van der Waals surface area contributed by atoms with Gasteiger partial charge in [-0.1, -0.05) is 18.2 Å². The number of amides is 1. The molecule has 0 aliphatic carbocycles. The molecule has 3 rings (SSSR count). The molecule has 0 saturated carbocycles. The van der Waals surface area contributed by atoms with Gasteiger partial charge in [-0.2, -0.15) is 0 Å². The lowest BCUT2D eigenvalue weighted by atomic mass is 9.67. The van der Waals surface area contributed by atoms with Crippen LogP contribution in [0.1, 0.15) is 18.9 Å². The van der Waals surface area contributed by atoms with E-state index < -0.39 is 65.2 Å². The molecule has 2 aliphatic rings. The Labute approximate surface area is 200 Å². The number of nitrogens with zero attached hydrogens (tertiary/aromatic N) is 1. The lowest BCUT2D eigenvalue weighted by molar-refractivity contribution is -0.143. The molecule has 0 bridgehead atoms. The van der Waals surface area contributed by atoms with Crippen LogP contribution >= 0.6 is 0 Å². The molecule has 2 N–H and O–H groups in total. The van der Waals surface area contributed by atoms with E-state index in [2.05, 4.69) is 4.74 Å². The van der Waals surface area contributed by atoms with Crippen molar-refractivity contribution in [3.8, 4) is 0 Å². The molecule has 1 unspecified atom stereocenters. The fourth-order valence-electron chi connectivity index (χ4n) is 4.19. The molecule has 12 heteroatoms. The number of carbonyl (C=O) groups is 5. The van der Waals surface area contributed by atoms with Gasteiger partial charge in [0, 0.05) is 11.3 Å². The predicted octanol–water partition coefficient (Wildman–Crippen LogP) is 0.198. The molecule has 1 aromatic rings. The maximum Gasteiger partial charge on any atom is 0.341 e. The van der Waals surface area contributed by atoms with Crippen molar-refractivity contribution in [2.75, 3.05) is 39.4 Å². The van der Waals surface area contributed by atoms with Crippen molar-refractivity contribution < 1.29 is 47.7 Å². The number of rotatable bonds is 7.